The lowest BCUT2D eigenvalue weighted by atomic mass is 10.0. The summed E-state index contributed by atoms with van der Waals surface area (Å²) in [4.78, 5) is 10.4. The zero-order valence-electron chi connectivity index (χ0n) is 20.5. The third-order valence-corrected chi connectivity index (χ3v) is 6.15. The van der Waals surface area contributed by atoms with Crippen molar-refractivity contribution in [3.8, 4) is 0 Å². The van der Waals surface area contributed by atoms with Crippen molar-refractivity contribution < 1.29 is 9.90 Å². The summed E-state index contributed by atoms with van der Waals surface area (Å²) in [7, 11) is 0. The minimum atomic E-state index is -0.652. The molecule has 0 aliphatic carbocycles. The van der Waals surface area contributed by atoms with Gasteiger partial charge in [0.2, 0.25) is 0 Å². The SMILES string of the molecule is CCCCCCCCC/C=C\CCCCCCCCCCCCCCCCC(=O)O. The summed E-state index contributed by atoms with van der Waals surface area (Å²) in [6.45, 7) is 2.28. The Hall–Kier alpha value is -0.790. The number of carboxylic acid groups (broad SMARTS) is 1. The fraction of sp³-hybridized carbons (Fsp3) is 0.893. The van der Waals surface area contributed by atoms with Crippen molar-refractivity contribution in [1.82, 2.24) is 0 Å². The Balaban J connectivity index is 3.07. The number of hydrogen-bond donors (Lipinski definition) is 1. The van der Waals surface area contributed by atoms with Gasteiger partial charge in [0.25, 0.3) is 0 Å². The van der Waals surface area contributed by atoms with Crippen LogP contribution in [0, 0.1) is 0 Å². The number of carboxylic acids is 1. The second-order valence-electron chi connectivity index (χ2n) is 9.26. The maximum absolute atomic E-state index is 10.4. The molecule has 0 rings (SSSR count). The van der Waals surface area contributed by atoms with Gasteiger partial charge in [0.1, 0.15) is 0 Å². The van der Waals surface area contributed by atoms with E-state index in [1.165, 1.54) is 135 Å². The number of rotatable bonds is 25. The zero-order valence-corrected chi connectivity index (χ0v) is 20.5. The fourth-order valence-electron chi connectivity index (χ4n) is 4.11. The highest BCUT2D eigenvalue weighted by Crippen LogP contribution is 2.14. The molecule has 1 N–H and O–H groups in total. The first-order chi connectivity index (χ1) is 14.8. The van der Waals surface area contributed by atoms with E-state index in [0.717, 1.165) is 12.8 Å². The molecule has 0 aromatic rings. The van der Waals surface area contributed by atoms with E-state index in [0.29, 0.717) is 6.42 Å². The van der Waals surface area contributed by atoms with Crippen LogP contribution >= 0.6 is 0 Å². The summed E-state index contributed by atoms with van der Waals surface area (Å²) in [6.07, 6.45) is 36.0. The molecule has 0 amide bonds. The largest absolute Gasteiger partial charge is 0.481 e. The molecule has 0 unspecified atom stereocenters. The molecule has 0 radical (unpaired) electrons. The van der Waals surface area contributed by atoms with E-state index in [1.807, 2.05) is 0 Å². The smallest absolute Gasteiger partial charge is 0.303 e. The van der Waals surface area contributed by atoms with Crippen molar-refractivity contribution in [2.75, 3.05) is 0 Å². The maximum atomic E-state index is 10.4. The minimum Gasteiger partial charge on any atom is -0.481 e. The molecule has 2 nitrogen and oxygen atoms in total. The Morgan fingerprint density at radius 2 is 0.800 bits per heavy atom. The lowest BCUT2D eigenvalue weighted by Gasteiger charge is -2.03. The molecule has 0 aromatic heterocycles. The van der Waals surface area contributed by atoms with Gasteiger partial charge in [-0.15, -0.1) is 0 Å². The monoisotopic (exact) mass is 422 g/mol. The number of aliphatic carboxylic acids is 1. The average Bonchev–Trinajstić information content (AvgIpc) is 2.73. The second kappa shape index (κ2) is 26.2. The van der Waals surface area contributed by atoms with Gasteiger partial charge in [-0.3, -0.25) is 4.79 Å². The van der Waals surface area contributed by atoms with E-state index in [1.54, 1.807) is 0 Å². The molecule has 30 heavy (non-hydrogen) atoms. The first kappa shape index (κ1) is 29.2. The molecule has 0 aliphatic heterocycles. The van der Waals surface area contributed by atoms with Gasteiger partial charge >= 0.3 is 5.97 Å². The molecule has 0 atom stereocenters. The number of allylic oxidation sites excluding steroid dienone is 2. The van der Waals surface area contributed by atoms with E-state index >= 15 is 0 Å². The van der Waals surface area contributed by atoms with Crippen LogP contribution in [0.25, 0.3) is 0 Å². The van der Waals surface area contributed by atoms with Crippen molar-refractivity contribution in [3.63, 3.8) is 0 Å². The average molecular weight is 423 g/mol. The summed E-state index contributed by atoms with van der Waals surface area (Å²) in [5, 5.41) is 8.59. The molecule has 0 bridgehead atoms. The summed E-state index contributed by atoms with van der Waals surface area (Å²) in [5.41, 5.74) is 0. The van der Waals surface area contributed by atoms with Gasteiger partial charge in [0.05, 0.1) is 0 Å². The van der Waals surface area contributed by atoms with Crippen LogP contribution in [-0.4, -0.2) is 11.1 Å². The molecular formula is C28H54O2. The Labute approximate surface area is 189 Å². The van der Waals surface area contributed by atoms with Crippen LogP contribution in [0.5, 0.6) is 0 Å². The first-order valence-corrected chi connectivity index (χ1v) is 13.6. The van der Waals surface area contributed by atoms with E-state index < -0.39 is 5.97 Å². The highest BCUT2D eigenvalue weighted by molar-refractivity contribution is 5.66. The highest BCUT2D eigenvalue weighted by atomic mass is 16.4. The Kier molecular flexibility index (Phi) is 25.6. The molecule has 0 saturated carbocycles. The highest BCUT2D eigenvalue weighted by Gasteiger charge is 1.97. The van der Waals surface area contributed by atoms with Crippen molar-refractivity contribution in [1.29, 1.82) is 0 Å². The first-order valence-electron chi connectivity index (χ1n) is 13.6. The van der Waals surface area contributed by atoms with Crippen LogP contribution < -0.4 is 0 Å². The summed E-state index contributed by atoms with van der Waals surface area (Å²) in [6, 6.07) is 0. The van der Waals surface area contributed by atoms with Gasteiger partial charge in [0.15, 0.2) is 0 Å². The molecule has 0 spiro atoms. The number of hydrogen-bond acceptors (Lipinski definition) is 1. The van der Waals surface area contributed by atoms with Crippen LogP contribution in [0.2, 0.25) is 0 Å². The molecule has 0 aromatic carbocycles. The van der Waals surface area contributed by atoms with Gasteiger partial charge in [-0.2, -0.15) is 0 Å². The van der Waals surface area contributed by atoms with Crippen LogP contribution in [0.3, 0.4) is 0 Å². The van der Waals surface area contributed by atoms with Crippen molar-refractivity contribution >= 4 is 5.97 Å². The van der Waals surface area contributed by atoms with E-state index in [4.69, 9.17) is 5.11 Å². The quantitative estimate of drug-likeness (QED) is 0.117. The normalized spacial score (nSPS) is 11.5. The van der Waals surface area contributed by atoms with Gasteiger partial charge in [-0.05, 0) is 32.1 Å². The summed E-state index contributed by atoms with van der Waals surface area (Å²) in [5.74, 6) is -0.652. The van der Waals surface area contributed by atoms with Crippen LogP contribution in [-0.2, 0) is 4.79 Å². The van der Waals surface area contributed by atoms with Crippen molar-refractivity contribution in [2.45, 2.75) is 161 Å². The summed E-state index contributed by atoms with van der Waals surface area (Å²) >= 11 is 0. The van der Waals surface area contributed by atoms with Gasteiger partial charge in [0, 0.05) is 6.42 Å². The molecule has 0 heterocycles. The Morgan fingerprint density at radius 3 is 1.13 bits per heavy atom. The van der Waals surface area contributed by atoms with Crippen molar-refractivity contribution in [2.24, 2.45) is 0 Å². The lowest BCUT2D eigenvalue weighted by Crippen LogP contribution is -1.93. The van der Waals surface area contributed by atoms with Crippen molar-refractivity contribution in [3.05, 3.63) is 12.2 Å². The predicted molar refractivity (Wildman–Crippen MR) is 133 cm³/mol. The third kappa shape index (κ3) is 27.2. The number of unbranched alkanes of at least 4 members (excludes halogenated alkanes) is 21. The standard InChI is InChI=1S/C28H54O2/c1-2-3-4-5-6-7-8-9-10-11-12-13-14-15-16-17-18-19-20-21-22-23-24-25-26-27-28(29)30/h10-11H,2-9,12-27H2,1H3,(H,29,30)/b11-10-. The maximum Gasteiger partial charge on any atom is 0.303 e. The molecule has 0 fully saturated rings. The Bertz CT molecular complexity index is 362. The molecule has 2 heteroatoms. The third-order valence-electron chi connectivity index (χ3n) is 6.15. The Morgan fingerprint density at radius 1 is 0.500 bits per heavy atom. The van der Waals surface area contributed by atoms with Crippen LogP contribution in [0.4, 0.5) is 0 Å². The van der Waals surface area contributed by atoms with Gasteiger partial charge in [-0.25, -0.2) is 0 Å². The second-order valence-corrected chi connectivity index (χ2v) is 9.26. The van der Waals surface area contributed by atoms with Gasteiger partial charge in [-0.1, -0.05) is 135 Å². The zero-order chi connectivity index (χ0) is 22.0. The molecule has 0 saturated heterocycles. The molecular weight excluding hydrogens is 368 g/mol. The van der Waals surface area contributed by atoms with E-state index in [9.17, 15) is 4.79 Å². The van der Waals surface area contributed by atoms with Gasteiger partial charge < -0.3 is 5.11 Å². The van der Waals surface area contributed by atoms with Crippen LogP contribution in [0.15, 0.2) is 12.2 Å². The topological polar surface area (TPSA) is 37.3 Å². The van der Waals surface area contributed by atoms with E-state index in [2.05, 4.69) is 19.1 Å². The fourth-order valence-corrected chi connectivity index (χ4v) is 4.11. The lowest BCUT2D eigenvalue weighted by molar-refractivity contribution is -0.137. The summed E-state index contributed by atoms with van der Waals surface area (Å²) < 4.78 is 0. The predicted octanol–water partition coefficient (Wildman–Crippen LogP) is 10.0. The van der Waals surface area contributed by atoms with E-state index in [-0.39, 0.29) is 0 Å². The van der Waals surface area contributed by atoms with Crippen LogP contribution in [0.1, 0.15) is 161 Å². The number of carbonyl (C=O) groups is 1. The molecule has 178 valence electrons. The minimum absolute atomic E-state index is 0.343. The molecule has 0 aliphatic rings.